The fraction of sp³-hybridized carbons (Fsp3) is 0.0833. The van der Waals surface area contributed by atoms with Crippen molar-refractivity contribution in [2.24, 2.45) is 0 Å². The molecule has 1 aromatic heterocycles. The molecule has 0 aliphatic carbocycles. The van der Waals surface area contributed by atoms with Crippen LogP contribution in [0.5, 0.6) is 17.2 Å². The maximum absolute atomic E-state index is 9.53. The number of hydrogen-bond acceptors (Lipinski definition) is 5. The first kappa shape index (κ1) is 11.6. The summed E-state index contributed by atoms with van der Waals surface area (Å²) in [5, 5.41) is 19.8. The van der Waals surface area contributed by atoms with Crippen LogP contribution in [0.25, 0.3) is 0 Å². The van der Waals surface area contributed by atoms with Crippen molar-refractivity contribution in [3.05, 3.63) is 36.5 Å². The Balaban J connectivity index is 2.31. The van der Waals surface area contributed by atoms with Crippen molar-refractivity contribution < 1.29 is 14.9 Å². The van der Waals surface area contributed by atoms with E-state index in [1.165, 1.54) is 24.9 Å². The molecule has 0 aliphatic heterocycles. The Labute approximate surface area is 103 Å². The molecule has 2 aromatic rings. The highest BCUT2D eigenvalue weighted by Crippen LogP contribution is 2.40. The molecular weight excluding hydrogens is 238 g/mol. The molecule has 0 atom stereocenters. The van der Waals surface area contributed by atoms with Gasteiger partial charge in [-0.3, -0.25) is 0 Å². The number of methoxy groups -OCH3 is 1. The molecule has 0 saturated heterocycles. The molecule has 0 aliphatic rings. The van der Waals surface area contributed by atoms with Crippen LogP contribution in [-0.4, -0.2) is 22.3 Å². The molecule has 0 saturated carbocycles. The number of aromatic hydroxyl groups is 2. The van der Waals surface area contributed by atoms with Gasteiger partial charge in [0.2, 0.25) is 5.75 Å². The molecule has 5 heteroatoms. The second kappa shape index (κ2) is 4.97. The molecule has 2 N–H and O–H groups in total. The van der Waals surface area contributed by atoms with E-state index in [-0.39, 0.29) is 17.2 Å². The number of phenols is 2. The molecule has 0 spiro atoms. The van der Waals surface area contributed by atoms with Crippen LogP contribution in [-0.2, 0) is 0 Å². The van der Waals surface area contributed by atoms with Gasteiger partial charge in [-0.2, -0.15) is 0 Å². The van der Waals surface area contributed by atoms with Gasteiger partial charge in [-0.25, -0.2) is 4.98 Å². The van der Waals surface area contributed by atoms with Crippen molar-refractivity contribution in [3.8, 4) is 17.2 Å². The Morgan fingerprint density at radius 3 is 2.71 bits per heavy atom. The third-order valence-corrected chi connectivity index (χ3v) is 3.03. The Morgan fingerprint density at radius 1 is 1.24 bits per heavy atom. The van der Waals surface area contributed by atoms with E-state index in [1.807, 2.05) is 18.2 Å². The number of rotatable bonds is 3. The first-order valence-corrected chi connectivity index (χ1v) is 5.71. The number of aromatic nitrogens is 1. The predicted molar refractivity (Wildman–Crippen MR) is 64.7 cm³/mol. The molecule has 17 heavy (non-hydrogen) atoms. The summed E-state index contributed by atoms with van der Waals surface area (Å²) in [6.45, 7) is 0. The number of benzene rings is 1. The van der Waals surface area contributed by atoms with E-state index in [1.54, 1.807) is 12.3 Å². The highest BCUT2D eigenvalue weighted by atomic mass is 32.2. The zero-order chi connectivity index (χ0) is 12.3. The van der Waals surface area contributed by atoms with Crippen LogP contribution in [0, 0.1) is 0 Å². The SMILES string of the molecule is COc1cc(Sc2ccccn2)cc(O)c1O. The molecule has 0 bridgehead atoms. The van der Waals surface area contributed by atoms with Gasteiger partial charge in [0.1, 0.15) is 5.03 Å². The van der Waals surface area contributed by atoms with E-state index in [2.05, 4.69) is 4.98 Å². The molecular formula is C12H11NO3S. The highest BCUT2D eigenvalue weighted by Gasteiger charge is 2.10. The van der Waals surface area contributed by atoms with Crippen LogP contribution in [0.2, 0.25) is 0 Å². The van der Waals surface area contributed by atoms with E-state index < -0.39 is 0 Å². The summed E-state index contributed by atoms with van der Waals surface area (Å²) >= 11 is 1.38. The Morgan fingerprint density at radius 2 is 2.06 bits per heavy atom. The van der Waals surface area contributed by atoms with E-state index in [0.29, 0.717) is 0 Å². The second-order valence-corrected chi connectivity index (χ2v) is 4.36. The molecule has 88 valence electrons. The first-order chi connectivity index (χ1) is 8.20. The van der Waals surface area contributed by atoms with E-state index in [9.17, 15) is 10.2 Å². The lowest BCUT2D eigenvalue weighted by Crippen LogP contribution is -1.85. The third kappa shape index (κ3) is 2.62. The molecule has 0 unspecified atom stereocenters. The molecule has 4 nitrogen and oxygen atoms in total. The Bertz CT molecular complexity index is 517. The zero-order valence-electron chi connectivity index (χ0n) is 9.12. The average Bonchev–Trinajstić information content (AvgIpc) is 2.35. The number of nitrogens with zero attached hydrogens (tertiary/aromatic N) is 1. The van der Waals surface area contributed by atoms with Crippen LogP contribution < -0.4 is 4.74 Å². The minimum Gasteiger partial charge on any atom is -0.504 e. The normalized spacial score (nSPS) is 10.2. The monoisotopic (exact) mass is 249 g/mol. The Kier molecular flexibility index (Phi) is 3.39. The fourth-order valence-corrected chi connectivity index (χ4v) is 2.15. The van der Waals surface area contributed by atoms with Crippen molar-refractivity contribution in [1.82, 2.24) is 4.98 Å². The average molecular weight is 249 g/mol. The van der Waals surface area contributed by atoms with Gasteiger partial charge in [-0.05, 0) is 24.3 Å². The van der Waals surface area contributed by atoms with Crippen LogP contribution in [0.1, 0.15) is 0 Å². The Hall–Kier alpha value is -1.88. The quantitative estimate of drug-likeness (QED) is 0.819. The van der Waals surface area contributed by atoms with Crippen molar-refractivity contribution in [2.45, 2.75) is 9.92 Å². The standard InChI is InChI=1S/C12H11NO3S/c1-16-10-7-8(6-9(14)12(10)15)17-11-4-2-3-5-13-11/h2-7,14-15H,1H3. The number of ether oxygens (including phenoxy) is 1. The van der Waals surface area contributed by atoms with Crippen LogP contribution in [0.3, 0.4) is 0 Å². The van der Waals surface area contributed by atoms with Crippen LogP contribution in [0.15, 0.2) is 46.5 Å². The van der Waals surface area contributed by atoms with Gasteiger partial charge in [0.25, 0.3) is 0 Å². The lowest BCUT2D eigenvalue weighted by molar-refractivity contribution is 0.349. The van der Waals surface area contributed by atoms with Crippen molar-refractivity contribution in [2.75, 3.05) is 7.11 Å². The topological polar surface area (TPSA) is 62.6 Å². The van der Waals surface area contributed by atoms with Gasteiger partial charge in [0.05, 0.1) is 7.11 Å². The summed E-state index contributed by atoms with van der Waals surface area (Å²) in [4.78, 5) is 4.91. The first-order valence-electron chi connectivity index (χ1n) is 4.89. The van der Waals surface area contributed by atoms with Crippen molar-refractivity contribution >= 4 is 11.8 Å². The number of phenolic OH excluding ortho intramolecular Hbond substituents is 2. The van der Waals surface area contributed by atoms with Gasteiger partial charge in [-0.1, -0.05) is 17.8 Å². The molecule has 1 aromatic carbocycles. The zero-order valence-corrected chi connectivity index (χ0v) is 9.94. The van der Waals surface area contributed by atoms with Gasteiger partial charge < -0.3 is 14.9 Å². The molecule has 2 rings (SSSR count). The second-order valence-electron chi connectivity index (χ2n) is 3.26. The van der Waals surface area contributed by atoms with Crippen LogP contribution >= 0.6 is 11.8 Å². The summed E-state index contributed by atoms with van der Waals surface area (Å²) in [5.74, 6) is -0.218. The maximum Gasteiger partial charge on any atom is 0.200 e. The number of pyridine rings is 1. The molecule has 0 amide bonds. The summed E-state index contributed by atoms with van der Waals surface area (Å²) < 4.78 is 4.96. The molecule has 0 radical (unpaired) electrons. The smallest absolute Gasteiger partial charge is 0.200 e. The largest absolute Gasteiger partial charge is 0.504 e. The summed E-state index contributed by atoms with van der Waals surface area (Å²) in [6, 6.07) is 8.69. The highest BCUT2D eigenvalue weighted by molar-refractivity contribution is 7.99. The lowest BCUT2D eigenvalue weighted by Gasteiger charge is -2.07. The van der Waals surface area contributed by atoms with E-state index >= 15 is 0 Å². The predicted octanol–water partition coefficient (Wildman–Crippen LogP) is 2.65. The van der Waals surface area contributed by atoms with Gasteiger partial charge in [0.15, 0.2) is 11.5 Å². The van der Waals surface area contributed by atoms with Crippen LogP contribution in [0.4, 0.5) is 0 Å². The third-order valence-electron chi connectivity index (χ3n) is 2.11. The van der Waals surface area contributed by atoms with Gasteiger partial charge >= 0.3 is 0 Å². The maximum atomic E-state index is 9.53. The molecule has 0 fully saturated rings. The summed E-state index contributed by atoms with van der Waals surface area (Å²) in [7, 11) is 1.43. The summed E-state index contributed by atoms with van der Waals surface area (Å²) in [6.07, 6.45) is 1.69. The minimum atomic E-state index is -0.252. The number of hydrogen-bond donors (Lipinski definition) is 2. The summed E-state index contributed by atoms with van der Waals surface area (Å²) in [5.41, 5.74) is 0. The lowest BCUT2D eigenvalue weighted by atomic mass is 10.3. The van der Waals surface area contributed by atoms with E-state index in [0.717, 1.165) is 9.92 Å². The van der Waals surface area contributed by atoms with Gasteiger partial charge in [-0.15, -0.1) is 0 Å². The van der Waals surface area contributed by atoms with Crippen molar-refractivity contribution in [3.63, 3.8) is 0 Å². The minimum absolute atomic E-state index is 0.206. The molecule has 1 heterocycles. The fourth-order valence-electron chi connectivity index (χ4n) is 1.31. The van der Waals surface area contributed by atoms with E-state index in [4.69, 9.17) is 4.74 Å². The van der Waals surface area contributed by atoms with Gasteiger partial charge in [0, 0.05) is 11.1 Å². The van der Waals surface area contributed by atoms with Crippen molar-refractivity contribution in [1.29, 1.82) is 0 Å².